The Morgan fingerprint density at radius 1 is 1.19 bits per heavy atom. The summed E-state index contributed by atoms with van der Waals surface area (Å²) < 4.78 is 7.03. The number of fused-ring (bicyclic) bond motifs is 1. The summed E-state index contributed by atoms with van der Waals surface area (Å²) in [5.41, 5.74) is 2.47. The standard InChI is InChI=1S/C23H15BrN2O4S/c1-12-4-9-15-17(11-12)31-23(25-15)26-19(13-5-7-14(24)8-6-13)18(21(28)22(26)29)20(27)16-3-2-10-30-16/h2-11,19,28H,1H3/t19-/m0/s1. The van der Waals surface area contributed by atoms with Crippen molar-refractivity contribution in [3.8, 4) is 0 Å². The monoisotopic (exact) mass is 494 g/mol. The molecule has 4 aromatic rings. The van der Waals surface area contributed by atoms with E-state index in [-0.39, 0.29) is 11.3 Å². The summed E-state index contributed by atoms with van der Waals surface area (Å²) in [6.45, 7) is 1.98. The molecule has 1 amide bonds. The zero-order chi connectivity index (χ0) is 21.7. The van der Waals surface area contributed by atoms with Crippen LogP contribution in [0, 0.1) is 6.92 Å². The third-order valence-electron chi connectivity index (χ3n) is 5.12. The van der Waals surface area contributed by atoms with Gasteiger partial charge in [-0.25, -0.2) is 4.98 Å². The maximum absolute atomic E-state index is 13.2. The van der Waals surface area contributed by atoms with Gasteiger partial charge in [0, 0.05) is 4.47 Å². The Kier molecular flexibility index (Phi) is 4.75. The molecule has 1 atom stereocenters. The fraction of sp³-hybridized carbons (Fsp3) is 0.0870. The molecule has 0 saturated carbocycles. The van der Waals surface area contributed by atoms with Crippen LogP contribution in [0.5, 0.6) is 0 Å². The van der Waals surface area contributed by atoms with E-state index in [4.69, 9.17) is 4.42 Å². The van der Waals surface area contributed by atoms with Crippen LogP contribution in [0.4, 0.5) is 5.13 Å². The van der Waals surface area contributed by atoms with Gasteiger partial charge in [-0.3, -0.25) is 14.5 Å². The Hall–Kier alpha value is -3.23. The van der Waals surface area contributed by atoms with Gasteiger partial charge >= 0.3 is 0 Å². The molecule has 2 aromatic carbocycles. The molecule has 5 rings (SSSR count). The molecule has 6 nitrogen and oxygen atoms in total. The minimum absolute atomic E-state index is 0.0299. The Balaban J connectivity index is 1.68. The molecule has 0 bridgehead atoms. The van der Waals surface area contributed by atoms with E-state index >= 15 is 0 Å². The number of aliphatic hydroxyl groups is 1. The predicted molar refractivity (Wildman–Crippen MR) is 121 cm³/mol. The number of carbonyl (C=O) groups is 2. The molecule has 0 saturated heterocycles. The molecule has 0 unspecified atom stereocenters. The second kappa shape index (κ2) is 7.47. The first-order valence-corrected chi connectivity index (χ1v) is 11.0. The molecule has 0 aliphatic carbocycles. The summed E-state index contributed by atoms with van der Waals surface area (Å²) in [6, 6.07) is 15.4. The maximum Gasteiger partial charge on any atom is 0.296 e. The van der Waals surface area contributed by atoms with E-state index in [1.807, 2.05) is 37.3 Å². The highest BCUT2D eigenvalue weighted by Gasteiger charge is 2.46. The van der Waals surface area contributed by atoms with Crippen LogP contribution in [0.1, 0.15) is 27.7 Å². The van der Waals surface area contributed by atoms with Crippen LogP contribution in [0.25, 0.3) is 10.2 Å². The van der Waals surface area contributed by atoms with Crippen LogP contribution in [-0.4, -0.2) is 21.8 Å². The summed E-state index contributed by atoms with van der Waals surface area (Å²) in [5, 5.41) is 11.2. The zero-order valence-corrected chi connectivity index (χ0v) is 18.6. The second-order valence-corrected chi connectivity index (χ2v) is 9.09. The predicted octanol–water partition coefficient (Wildman–Crippen LogP) is 5.74. The number of furan rings is 1. The molecule has 154 valence electrons. The van der Waals surface area contributed by atoms with Crippen molar-refractivity contribution in [3.05, 3.63) is 93.6 Å². The molecule has 0 radical (unpaired) electrons. The number of thiazole rings is 1. The highest BCUT2D eigenvalue weighted by molar-refractivity contribution is 9.10. The zero-order valence-electron chi connectivity index (χ0n) is 16.2. The van der Waals surface area contributed by atoms with Gasteiger partial charge < -0.3 is 9.52 Å². The fourth-order valence-electron chi connectivity index (χ4n) is 3.66. The van der Waals surface area contributed by atoms with Gasteiger partial charge in [0.15, 0.2) is 16.7 Å². The normalized spacial score (nSPS) is 16.5. The Morgan fingerprint density at radius 3 is 2.68 bits per heavy atom. The molecule has 1 aliphatic rings. The molecule has 8 heteroatoms. The molecule has 0 fully saturated rings. The number of aryl methyl sites for hydroxylation is 1. The molecular weight excluding hydrogens is 480 g/mol. The number of nitrogens with zero attached hydrogens (tertiary/aromatic N) is 2. The van der Waals surface area contributed by atoms with Crippen LogP contribution in [0.15, 0.2) is 81.1 Å². The largest absolute Gasteiger partial charge is 0.503 e. The lowest BCUT2D eigenvalue weighted by Crippen LogP contribution is -2.30. The summed E-state index contributed by atoms with van der Waals surface area (Å²) in [6.07, 6.45) is 1.38. The number of hydrogen-bond donors (Lipinski definition) is 1. The van der Waals surface area contributed by atoms with Crippen LogP contribution in [-0.2, 0) is 4.79 Å². The molecule has 0 spiro atoms. The van der Waals surface area contributed by atoms with Crippen LogP contribution in [0.3, 0.4) is 0 Å². The molecule has 1 aliphatic heterocycles. The summed E-state index contributed by atoms with van der Waals surface area (Å²) in [7, 11) is 0. The fourth-order valence-corrected chi connectivity index (χ4v) is 5.01. The van der Waals surface area contributed by atoms with Crippen LogP contribution in [0.2, 0.25) is 0 Å². The first-order valence-electron chi connectivity index (χ1n) is 9.41. The van der Waals surface area contributed by atoms with Crippen molar-refractivity contribution in [2.45, 2.75) is 13.0 Å². The van der Waals surface area contributed by atoms with Crippen molar-refractivity contribution in [2.24, 2.45) is 0 Å². The quantitative estimate of drug-likeness (QED) is 0.365. The Labute approximate surface area is 189 Å². The van der Waals surface area contributed by atoms with Gasteiger partial charge in [-0.15, -0.1) is 0 Å². The minimum Gasteiger partial charge on any atom is -0.503 e. The maximum atomic E-state index is 13.2. The number of aromatic nitrogens is 1. The Morgan fingerprint density at radius 2 is 1.97 bits per heavy atom. The van der Waals surface area contributed by atoms with Gasteiger partial charge in [0.05, 0.1) is 28.1 Å². The van der Waals surface area contributed by atoms with Crippen LogP contribution >= 0.6 is 27.3 Å². The van der Waals surface area contributed by atoms with Crippen molar-refractivity contribution in [3.63, 3.8) is 0 Å². The van der Waals surface area contributed by atoms with Crippen molar-refractivity contribution < 1.29 is 19.1 Å². The van der Waals surface area contributed by atoms with Crippen molar-refractivity contribution in [1.82, 2.24) is 4.98 Å². The first-order chi connectivity index (χ1) is 14.9. The number of amides is 1. The van der Waals surface area contributed by atoms with Gasteiger partial charge in [0.2, 0.25) is 5.78 Å². The van der Waals surface area contributed by atoms with Crippen molar-refractivity contribution in [2.75, 3.05) is 4.90 Å². The van der Waals surface area contributed by atoms with E-state index in [9.17, 15) is 14.7 Å². The first kappa shape index (κ1) is 19.7. The molecule has 31 heavy (non-hydrogen) atoms. The minimum atomic E-state index is -0.833. The third-order valence-corrected chi connectivity index (χ3v) is 6.67. The topological polar surface area (TPSA) is 83.6 Å². The number of anilines is 1. The van der Waals surface area contributed by atoms with Crippen molar-refractivity contribution in [1.29, 1.82) is 0 Å². The summed E-state index contributed by atoms with van der Waals surface area (Å²) in [5.74, 6) is -1.75. The lowest BCUT2D eigenvalue weighted by molar-refractivity contribution is -0.117. The highest BCUT2D eigenvalue weighted by atomic mass is 79.9. The van der Waals surface area contributed by atoms with E-state index in [1.54, 1.807) is 18.2 Å². The summed E-state index contributed by atoms with van der Waals surface area (Å²) >= 11 is 4.75. The van der Waals surface area contributed by atoms with Gasteiger partial charge in [-0.1, -0.05) is 45.5 Å². The average molecular weight is 495 g/mol. The van der Waals surface area contributed by atoms with Gasteiger partial charge in [-0.2, -0.15) is 0 Å². The lowest BCUT2D eigenvalue weighted by atomic mass is 9.95. The van der Waals surface area contributed by atoms with E-state index in [2.05, 4.69) is 20.9 Å². The van der Waals surface area contributed by atoms with E-state index in [1.165, 1.54) is 28.6 Å². The summed E-state index contributed by atoms with van der Waals surface area (Å²) in [4.78, 5) is 32.4. The van der Waals surface area contributed by atoms with E-state index in [0.29, 0.717) is 10.7 Å². The number of benzene rings is 2. The van der Waals surface area contributed by atoms with Crippen LogP contribution < -0.4 is 4.90 Å². The third kappa shape index (κ3) is 3.28. The smallest absolute Gasteiger partial charge is 0.296 e. The number of ketones is 1. The van der Waals surface area contributed by atoms with Crippen molar-refractivity contribution >= 4 is 54.3 Å². The molecule has 1 N–H and O–H groups in total. The highest BCUT2D eigenvalue weighted by Crippen LogP contribution is 2.44. The van der Waals surface area contributed by atoms with Gasteiger partial charge in [-0.05, 0) is 54.4 Å². The SMILES string of the molecule is Cc1ccc2nc(N3C(=O)C(O)=C(C(=O)c4ccco4)[C@@H]3c3ccc(Br)cc3)sc2c1. The number of rotatable bonds is 4. The van der Waals surface area contributed by atoms with Gasteiger partial charge in [0.1, 0.15) is 0 Å². The number of carbonyl (C=O) groups excluding carboxylic acids is 2. The molecule has 2 aromatic heterocycles. The van der Waals surface area contributed by atoms with Gasteiger partial charge in [0.25, 0.3) is 5.91 Å². The molecular formula is C23H15BrN2O4S. The number of Topliss-reactive ketones (excluding diaryl/α,β-unsaturated/α-hetero) is 1. The lowest BCUT2D eigenvalue weighted by Gasteiger charge is -2.24. The Bertz CT molecular complexity index is 1360. The number of hydrogen-bond acceptors (Lipinski definition) is 6. The number of aliphatic hydroxyl groups excluding tert-OH is 1. The average Bonchev–Trinajstić information content (AvgIpc) is 3.47. The number of halogens is 1. The second-order valence-electron chi connectivity index (χ2n) is 7.17. The van der Waals surface area contributed by atoms with E-state index in [0.717, 1.165) is 20.3 Å². The van der Waals surface area contributed by atoms with E-state index < -0.39 is 23.5 Å². The molecule has 3 heterocycles.